The Kier molecular flexibility index (Phi) is 4.78. The minimum atomic E-state index is 0.737. The SMILES string of the molecule is Cc1[nH]ncc1CNCCCOc1ccccc1. The molecule has 0 amide bonds. The fourth-order valence-electron chi connectivity index (χ4n) is 1.68. The van der Waals surface area contributed by atoms with Crippen molar-refractivity contribution in [1.29, 1.82) is 0 Å². The molecule has 18 heavy (non-hydrogen) atoms. The molecule has 96 valence electrons. The number of nitrogens with zero attached hydrogens (tertiary/aromatic N) is 1. The second-order valence-corrected chi connectivity index (χ2v) is 4.21. The van der Waals surface area contributed by atoms with Crippen molar-refractivity contribution < 1.29 is 4.74 Å². The number of para-hydroxylation sites is 1. The molecule has 4 heteroatoms. The third kappa shape index (κ3) is 3.89. The molecule has 0 aliphatic rings. The van der Waals surface area contributed by atoms with Crippen LogP contribution in [0.3, 0.4) is 0 Å². The van der Waals surface area contributed by atoms with Gasteiger partial charge < -0.3 is 10.1 Å². The van der Waals surface area contributed by atoms with Gasteiger partial charge in [-0.15, -0.1) is 0 Å². The van der Waals surface area contributed by atoms with E-state index in [0.717, 1.165) is 37.6 Å². The Morgan fingerprint density at radius 1 is 1.28 bits per heavy atom. The molecule has 0 aliphatic carbocycles. The van der Waals surface area contributed by atoms with Crippen LogP contribution in [-0.4, -0.2) is 23.3 Å². The molecule has 2 aromatic rings. The van der Waals surface area contributed by atoms with Crippen LogP contribution in [-0.2, 0) is 6.54 Å². The van der Waals surface area contributed by atoms with Gasteiger partial charge in [0.25, 0.3) is 0 Å². The Morgan fingerprint density at radius 3 is 2.83 bits per heavy atom. The molecule has 0 unspecified atom stereocenters. The quantitative estimate of drug-likeness (QED) is 0.736. The number of rotatable bonds is 7. The fraction of sp³-hybridized carbons (Fsp3) is 0.357. The maximum atomic E-state index is 5.61. The number of H-pyrrole nitrogens is 1. The van der Waals surface area contributed by atoms with E-state index >= 15 is 0 Å². The Hall–Kier alpha value is -1.81. The number of aryl methyl sites for hydroxylation is 1. The summed E-state index contributed by atoms with van der Waals surface area (Å²) < 4.78 is 5.61. The second kappa shape index (κ2) is 6.81. The molecule has 4 nitrogen and oxygen atoms in total. The van der Waals surface area contributed by atoms with Gasteiger partial charge in [-0.3, -0.25) is 5.10 Å². The van der Waals surface area contributed by atoms with Crippen LogP contribution in [0.15, 0.2) is 36.5 Å². The fourth-order valence-corrected chi connectivity index (χ4v) is 1.68. The number of hydrogen-bond donors (Lipinski definition) is 2. The summed E-state index contributed by atoms with van der Waals surface area (Å²) in [7, 11) is 0. The molecule has 1 heterocycles. The van der Waals surface area contributed by atoms with Crippen LogP contribution in [0.25, 0.3) is 0 Å². The highest BCUT2D eigenvalue weighted by atomic mass is 16.5. The summed E-state index contributed by atoms with van der Waals surface area (Å²) in [6.45, 7) is 4.56. The maximum absolute atomic E-state index is 5.61. The van der Waals surface area contributed by atoms with Gasteiger partial charge in [0.1, 0.15) is 5.75 Å². The number of hydrogen-bond acceptors (Lipinski definition) is 3. The first-order valence-electron chi connectivity index (χ1n) is 6.23. The lowest BCUT2D eigenvalue weighted by atomic mass is 10.2. The van der Waals surface area contributed by atoms with Gasteiger partial charge in [0.15, 0.2) is 0 Å². The van der Waals surface area contributed by atoms with Gasteiger partial charge in [0, 0.05) is 17.8 Å². The number of ether oxygens (including phenoxy) is 1. The van der Waals surface area contributed by atoms with Crippen LogP contribution in [0.2, 0.25) is 0 Å². The van der Waals surface area contributed by atoms with Crippen LogP contribution in [0.5, 0.6) is 5.75 Å². The zero-order chi connectivity index (χ0) is 12.6. The van der Waals surface area contributed by atoms with E-state index in [1.807, 2.05) is 43.5 Å². The lowest BCUT2D eigenvalue weighted by molar-refractivity contribution is 0.308. The lowest BCUT2D eigenvalue weighted by Crippen LogP contribution is -2.17. The molecule has 2 rings (SSSR count). The van der Waals surface area contributed by atoms with Crippen LogP contribution in [0.1, 0.15) is 17.7 Å². The summed E-state index contributed by atoms with van der Waals surface area (Å²) in [5, 5.41) is 10.3. The highest BCUT2D eigenvalue weighted by Crippen LogP contribution is 2.08. The van der Waals surface area contributed by atoms with E-state index in [1.165, 1.54) is 5.56 Å². The van der Waals surface area contributed by atoms with Crippen LogP contribution >= 0.6 is 0 Å². The predicted molar refractivity (Wildman–Crippen MR) is 71.6 cm³/mol. The molecular weight excluding hydrogens is 226 g/mol. The van der Waals surface area contributed by atoms with E-state index in [-0.39, 0.29) is 0 Å². The zero-order valence-corrected chi connectivity index (χ0v) is 10.6. The van der Waals surface area contributed by atoms with Gasteiger partial charge in [-0.2, -0.15) is 5.10 Å². The number of aromatic amines is 1. The first kappa shape index (κ1) is 12.6. The summed E-state index contributed by atoms with van der Waals surface area (Å²) in [5.74, 6) is 0.933. The Labute approximate surface area is 107 Å². The molecule has 0 aliphatic heterocycles. The van der Waals surface area contributed by atoms with Gasteiger partial charge in [0.2, 0.25) is 0 Å². The Morgan fingerprint density at radius 2 is 2.11 bits per heavy atom. The van der Waals surface area contributed by atoms with E-state index in [0.29, 0.717) is 0 Å². The van der Waals surface area contributed by atoms with Crippen molar-refractivity contribution in [3.8, 4) is 5.75 Å². The molecule has 1 aromatic carbocycles. The Balaban J connectivity index is 1.56. The van der Waals surface area contributed by atoms with Crippen molar-refractivity contribution in [2.45, 2.75) is 19.9 Å². The minimum absolute atomic E-state index is 0.737. The van der Waals surface area contributed by atoms with Crippen molar-refractivity contribution in [2.75, 3.05) is 13.2 Å². The van der Waals surface area contributed by atoms with Gasteiger partial charge in [-0.25, -0.2) is 0 Å². The largest absolute Gasteiger partial charge is 0.494 e. The van der Waals surface area contributed by atoms with Crippen LogP contribution in [0, 0.1) is 6.92 Å². The standard InChI is InChI=1S/C14H19N3O/c1-12-13(11-16-17-12)10-15-8-5-9-18-14-6-3-2-4-7-14/h2-4,6-7,11,15H,5,8-10H2,1H3,(H,16,17). The molecular formula is C14H19N3O. The second-order valence-electron chi connectivity index (χ2n) is 4.21. The smallest absolute Gasteiger partial charge is 0.119 e. The first-order chi connectivity index (χ1) is 8.86. The number of nitrogens with one attached hydrogen (secondary N) is 2. The third-order valence-corrected chi connectivity index (χ3v) is 2.76. The van der Waals surface area contributed by atoms with E-state index in [9.17, 15) is 0 Å². The van der Waals surface area contributed by atoms with E-state index < -0.39 is 0 Å². The van der Waals surface area contributed by atoms with E-state index in [1.54, 1.807) is 0 Å². The van der Waals surface area contributed by atoms with Crippen molar-refractivity contribution in [3.63, 3.8) is 0 Å². The predicted octanol–water partition coefficient (Wildman–Crippen LogP) is 2.28. The normalized spacial score (nSPS) is 10.5. The van der Waals surface area contributed by atoms with Crippen LogP contribution in [0.4, 0.5) is 0 Å². The summed E-state index contributed by atoms with van der Waals surface area (Å²) in [6, 6.07) is 9.90. The first-order valence-corrected chi connectivity index (χ1v) is 6.23. The van der Waals surface area contributed by atoms with E-state index in [4.69, 9.17) is 4.74 Å². The van der Waals surface area contributed by atoms with Crippen molar-refractivity contribution in [2.24, 2.45) is 0 Å². The summed E-state index contributed by atoms with van der Waals surface area (Å²) in [4.78, 5) is 0. The molecule has 0 saturated carbocycles. The zero-order valence-electron chi connectivity index (χ0n) is 10.6. The molecule has 0 spiro atoms. The molecule has 0 saturated heterocycles. The van der Waals surface area contributed by atoms with E-state index in [2.05, 4.69) is 15.5 Å². The van der Waals surface area contributed by atoms with Crippen molar-refractivity contribution >= 4 is 0 Å². The van der Waals surface area contributed by atoms with Gasteiger partial charge in [0.05, 0.1) is 12.8 Å². The average Bonchev–Trinajstić information content (AvgIpc) is 2.81. The van der Waals surface area contributed by atoms with Crippen molar-refractivity contribution in [3.05, 3.63) is 47.8 Å². The lowest BCUT2D eigenvalue weighted by Gasteiger charge is -2.06. The summed E-state index contributed by atoms with van der Waals surface area (Å²) in [6.07, 6.45) is 2.86. The Bertz CT molecular complexity index is 453. The molecule has 2 N–H and O–H groups in total. The highest BCUT2D eigenvalue weighted by molar-refractivity contribution is 5.20. The maximum Gasteiger partial charge on any atom is 0.119 e. The molecule has 1 aromatic heterocycles. The summed E-state index contributed by atoms with van der Waals surface area (Å²) in [5.41, 5.74) is 2.35. The van der Waals surface area contributed by atoms with Gasteiger partial charge in [-0.05, 0) is 32.0 Å². The number of benzene rings is 1. The highest BCUT2D eigenvalue weighted by Gasteiger charge is 1.98. The topological polar surface area (TPSA) is 49.9 Å². The van der Waals surface area contributed by atoms with Crippen LogP contribution < -0.4 is 10.1 Å². The molecule has 0 fully saturated rings. The van der Waals surface area contributed by atoms with Gasteiger partial charge >= 0.3 is 0 Å². The monoisotopic (exact) mass is 245 g/mol. The summed E-state index contributed by atoms with van der Waals surface area (Å²) >= 11 is 0. The third-order valence-electron chi connectivity index (χ3n) is 2.76. The minimum Gasteiger partial charge on any atom is -0.494 e. The average molecular weight is 245 g/mol. The van der Waals surface area contributed by atoms with Crippen molar-refractivity contribution in [1.82, 2.24) is 15.5 Å². The number of aromatic nitrogens is 2. The molecule has 0 radical (unpaired) electrons. The van der Waals surface area contributed by atoms with Gasteiger partial charge in [-0.1, -0.05) is 18.2 Å². The molecule has 0 atom stereocenters. The molecule has 0 bridgehead atoms.